The summed E-state index contributed by atoms with van der Waals surface area (Å²) >= 11 is 6.63. The van der Waals surface area contributed by atoms with E-state index in [1.54, 1.807) is 7.11 Å². The number of ether oxygens (including phenoxy) is 2. The number of rotatable bonds is 8. The van der Waals surface area contributed by atoms with Crippen molar-refractivity contribution in [2.75, 3.05) is 12.4 Å². The second-order valence-electron chi connectivity index (χ2n) is 10.4. The molecule has 42 heavy (non-hydrogen) atoms. The van der Waals surface area contributed by atoms with E-state index >= 15 is 8.78 Å². The van der Waals surface area contributed by atoms with Crippen molar-refractivity contribution >= 4 is 28.7 Å². The summed E-state index contributed by atoms with van der Waals surface area (Å²) in [5, 5.41) is 3.59. The molecule has 1 N–H and O–H groups in total. The molecule has 3 atom stereocenters. The van der Waals surface area contributed by atoms with Gasteiger partial charge in [-0.15, -0.1) is 0 Å². The highest BCUT2D eigenvalue weighted by Gasteiger charge is 2.57. The molecule has 1 fully saturated rings. The van der Waals surface area contributed by atoms with Crippen LogP contribution in [0.2, 0.25) is 5.15 Å². The predicted octanol–water partition coefficient (Wildman–Crippen LogP) is 7.47. The van der Waals surface area contributed by atoms with Crippen LogP contribution in [0, 0.1) is 5.92 Å². The summed E-state index contributed by atoms with van der Waals surface area (Å²) in [6.45, 7) is 3.34. The lowest BCUT2D eigenvalue weighted by Crippen LogP contribution is -2.39. The molecular weight excluding hydrogens is 560 g/mol. The molecule has 0 aliphatic carbocycles. The van der Waals surface area contributed by atoms with E-state index in [1.807, 2.05) is 91.9 Å². The second-order valence-corrected chi connectivity index (χ2v) is 10.8. The number of alkyl halides is 2. The fourth-order valence-electron chi connectivity index (χ4n) is 5.76. The monoisotopic (exact) mass is 589 g/mol. The van der Waals surface area contributed by atoms with Crippen LogP contribution in [0.3, 0.4) is 0 Å². The van der Waals surface area contributed by atoms with Crippen molar-refractivity contribution in [3.63, 3.8) is 0 Å². The van der Waals surface area contributed by atoms with Gasteiger partial charge in [0.25, 0.3) is 5.92 Å². The Morgan fingerprint density at radius 2 is 1.55 bits per heavy atom. The molecule has 0 unspecified atom stereocenters. The molecule has 10 heteroatoms. The summed E-state index contributed by atoms with van der Waals surface area (Å²) in [6.07, 6.45) is -0.420. The number of halogens is 3. The van der Waals surface area contributed by atoms with E-state index in [1.165, 1.54) is 17.8 Å². The number of imidazole rings is 1. The third-order valence-corrected chi connectivity index (χ3v) is 8.33. The number of methoxy groups -OCH3 is 1. The SMILES string of the molecule is CC[C@H]1O[C@@H](n2cnc3c(Cl)nc(NC(c4ccccc4)(c4ccccc4)c4ccc(OC)cc4)nc32)C(F)(F)[C@@H]1C. The van der Waals surface area contributed by atoms with Crippen molar-refractivity contribution in [1.82, 2.24) is 19.5 Å². The standard InChI is InChI=1S/C32H30ClF2N5O2/c1-4-25-20(2)32(34,35)29(42-25)40-19-36-26-27(33)37-30(38-28(26)40)39-31(21-11-7-5-8-12-21,22-13-9-6-10-14-22)23-15-17-24(41-3)18-16-23/h5-20,25,29H,4H2,1-3H3,(H,37,38,39)/t20-,25-,29-/m1/s1. The molecule has 7 nitrogen and oxygen atoms in total. The Morgan fingerprint density at radius 3 is 2.10 bits per heavy atom. The molecule has 0 amide bonds. The van der Waals surface area contributed by atoms with E-state index in [9.17, 15) is 0 Å². The van der Waals surface area contributed by atoms with Gasteiger partial charge in [0.15, 0.2) is 10.8 Å². The first-order chi connectivity index (χ1) is 20.3. The van der Waals surface area contributed by atoms with Crippen LogP contribution in [0.15, 0.2) is 91.3 Å². The first-order valence-corrected chi connectivity index (χ1v) is 14.1. The molecule has 0 bridgehead atoms. The van der Waals surface area contributed by atoms with Gasteiger partial charge < -0.3 is 14.8 Å². The highest BCUT2D eigenvalue weighted by atomic mass is 35.5. The molecule has 0 radical (unpaired) electrons. The number of aromatic nitrogens is 4. The molecule has 6 rings (SSSR count). The topological polar surface area (TPSA) is 74.1 Å². The van der Waals surface area contributed by atoms with Crippen molar-refractivity contribution in [3.05, 3.63) is 113 Å². The lowest BCUT2D eigenvalue weighted by Gasteiger charge is -2.37. The zero-order chi connectivity index (χ0) is 29.5. The molecule has 5 aromatic rings. The Bertz CT molecular complexity index is 1640. The Labute approximate surface area is 247 Å². The Morgan fingerprint density at radius 1 is 0.952 bits per heavy atom. The van der Waals surface area contributed by atoms with Crippen LogP contribution < -0.4 is 10.1 Å². The van der Waals surface area contributed by atoms with Gasteiger partial charge in [0.05, 0.1) is 25.5 Å². The Balaban J connectivity index is 1.54. The molecule has 3 heterocycles. The van der Waals surface area contributed by atoms with Gasteiger partial charge >= 0.3 is 0 Å². The molecule has 1 aliphatic heterocycles. The Kier molecular flexibility index (Phi) is 7.32. The van der Waals surface area contributed by atoms with E-state index in [0.717, 1.165) is 16.7 Å². The van der Waals surface area contributed by atoms with E-state index in [2.05, 4.69) is 15.3 Å². The number of nitrogens with zero attached hydrogens (tertiary/aromatic N) is 4. The third-order valence-electron chi connectivity index (χ3n) is 8.07. The van der Waals surface area contributed by atoms with Crippen LogP contribution in [0.4, 0.5) is 14.7 Å². The fourth-order valence-corrected chi connectivity index (χ4v) is 5.97. The summed E-state index contributed by atoms with van der Waals surface area (Å²) in [5.74, 6) is -3.27. The second kappa shape index (κ2) is 11.0. The van der Waals surface area contributed by atoms with Crippen LogP contribution in [-0.4, -0.2) is 38.7 Å². The Hall–Kier alpha value is -4.08. The van der Waals surface area contributed by atoms with Crippen LogP contribution >= 0.6 is 11.6 Å². The number of hydrogen-bond donors (Lipinski definition) is 1. The zero-order valence-corrected chi connectivity index (χ0v) is 24.1. The third kappa shape index (κ3) is 4.57. The van der Waals surface area contributed by atoms with Crippen LogP contribution in [-0.2, 0) is 10.3 Å². The number of hydrogen-bond acceptors (Lipinski definition) is 6. The molecule has 2 aromatic heterocycles. The summed E-state index contributed by atoms with van der Waals surface area (Å²) in [6, 6.07) is 27.4. The quantitative estimate of drug-likeness (QED) is 0.149. The first-order valence-electron chi connectivity index (χ1n) is 13.8. The maximum atomic E-state index is 15.5. The molecule has 1 aliphatic rings. The van der Waals surface area contributed by atoms with Crippen molar-refractivity contribution in [3.8, 4) is 5.75 Å². The highest BCUT2D eigenvalue weighted by molar-refractivity contribution is 6.33. The number of nitrogens with one attached hydrogen (secondary N) is 1. The minimum Gasteiger partial charge on any atom is -0.497 e. The number of fused-ring (bicyclic) bond motifs is 1. The number of benzene rings is 3. The lowest BCUT2D eigenvalue weighted by atomic mass is 9.77. The molecular formula is C32H30ClF2N5O2. The van der Waals surface area contributed by atoms with E-state index in [4.69, 9.17) is 26.1 Å². The summed E-state index contributed by atoms with van der Waals surface area (Å²) in [5.41, 5.74) is 2.05. The predicted molar refractivity (Wildman–Crippen MR) is 158 cm³/mol. The van der Waals surface area contributed by atoms with Gasteiger partial charge in [0, 0.05) is 0 Å². The summed E-state index contributed by atoms with van der Waals surface area (Å²) < 4.78 is 43.4. The first kappa shape index (κ1) is 28.1. The van der Waals surface area contributed by atoms with Crippen LogP contribution in [0.5, 0.6) is 5.75 Å². The van der Waals surface area contributed by atoms with Gasteiger partial charge in [-0.3, -0.25) is 4.57 Å². The molecule has 0 saturated carbocycles. The molecule has 1 saturated heterocycles. The average molecular weight is 590 g/mol. The van der Waals surface area contributed by atoms with Gasteiger partial charge in [-0.05, 0) is 35.2 Å². The summed E-state index contributed by atoms with van der Waals surface area (Å²) in [4.78, 5) is 13.6. The maximum Gasteiger partial charge on any atom is 0.297 e. The zero-order valence-electron chi connectivity index (χ0n) is 23.3. The molecule has 0 spiro atoms. The van der Waals surface area contributed by atoms with Crippen molar-refractivity contribution in [1.29, 1.82) is 0 Å². The van der Waals surface area contributed by atoms with Gasteiger partial charge in [-0.25, -0.2) is 13.8 Å². The minimum absolute atomic E-state index is 0.0346. The largest absolute Gasteiger partial charge is 0.497 e. The normalized spacial score (nSPS) is 20.1. The highest BCUT2D eigenvalue weighted by Crippen LogP contribution is 2.48. The van der Waals surface area contributed by atoms with Gasteiger partial charge in [-0.1, -0.05) is 98.2 Å². The van der Waals surface area contributed by atoms with E-state index in [0.29, 0.717) is 12.2 Å². The lowest BCUT2D eigenvalue weighted by molar-refractivity contribution is -0.121. The van der Waals surface area contributed by atoms with Crippen molar-refractivity contribution in [2.24, 2.45) is 5.92 Å². The van der Waals surface area contributed by atoms with Gasteiger partial charge in [-0.2, -0.15) is 9.97 Å². The van der Waals surface area contributed by atoms with Crippen molar-refractivity contribution < 1.29 is 18.3 Å². The number of anilines is 1. The summed E-state index contributed by atoms with van der Waals surface area (Å²) in [7, 11) is 1.62. The average Bonchev–Trinajstić information content (AvgIpc) is 3.54. The van der Waals surface area contributed by atoms with Gasteiger partial charge in [0.2, 0.25) is 12.2 Å². The molecule has 3 aromatic carbocycles. The van der Waals surface area contributed by atoms with Crippen LogP contribution in [0.25, 0.3) is 11.2 Å². The maximum absolute atomic E-state index is 15.5. The smallest absolute Gasteiger partial charge is 0.297 e. The van der Waals surface area contributed by atoms with Crippen molar-refractivity contribution in [2.45, 2.75) is 44.1 Å². The van der Waals surface area contributed by atoms with Gasteiger partial charge in [0.1, 0.15) is 16.8 Å². The van der Waals surface area contributed by atoms with E-state index < -0.39 is 29.7 Å². The van der Waals surface area contributed by atoms with Crippen LogP contribution in [0.1, 0.15) is 43.2 Å². The molecule has 216 valence electrons. The minimum atomic E-state index is -3.14. The van der Waals surface area contributed by atoms with E-state index in [-0.39, 0.29) is 22.3 Å². The fraction of sp³-hybridized carbons (Fsp3) is 0.281.